The second-order valence-corrected chi connectivity index (χ2v) is 5.82. The minimum atomic E-state index is -0.237. The molecule has 2 heterocycles. The summed E-state index contributed by atoms with van der Waals surface area (Å²) in [6, 6.07) is 5.76. The van der Waals surface area contributed by atoms with Crippen LogP contribution in [0.5, 0.6) is 0 Å². The first kappa shape index (κ1) is 15.5. The van der Waals surface area contributed by atoms with Gasteiger partial charge in [-0.2, -0.15) is 11.3 Å². The molecule has 112 valence electrons. The number of thiophene rings is 1. The van der Waals surface area contributed by atoms with Crippen molar-refractivity contribution in [3.05, 3.63) is 46.3 Å². The minimum Gasteiger partial charge on any atom is -0.336 e. The van der Waals surface area contributed by atoms with Gasteiger partial charge in [0.15, 0.2) is 0 Å². The molecule has 2 N–H and O–H groups in total. The molecule has 1 atom stereocenters. The van der Waals surface area contributed by atoms with E-state index >= 15 is 0 Å². The van der Waals surface area contributed by atoms with Crippen molar-refractivity contribution in [2.75, 3.05) is 26.0 Å². The molecule has 0 saturated carbocycles. The van der Waals surface area contributed by atoms with E-state index in [9.17, 15) is 4.79 Å². The zero-order valence-electron chi connectivity index (χ0n) is 12.5. The number of anilines is 1. The maximum absolute atomic E-state index is 12.0. The number of aryl methyl sites for hydroxylation is 1. The van der Waals surface area contributed by atoms with Gasteiger partial charge in [-0.1, -0.05) is 6.07 Å². The van der Waals surface area contributed by atoms with Crippen molar-refractivity contribution in [2.24, 2.45) is 0 Å². The van der Waals surface area contributed by atoms with E-state index in [-0.39, 0.29) is 12.1 Å². The van der Waals surface area contributed by atoms with Crippen LogP contribution in [0.4, 0.5) is 10.6 Å². The number of hydrogen-bond acceptors (Lipinski definition) is 4. The first-order valence-corrected chi connectivity index (χ1v) is 7.67. The number of carbonyl (C=O) groups excluding carboxylic acids is 1. The Kier molecular flexibility index (Phi) is 5.30. The number of amides is 2. The number of nitrogens with one attached hydrogen (secondary N) is 2. The van der Waals surface area contributed by atoms with Crippen LogP contribution in [0.2, 0.25) is 0 Å². The standard InChI is InChI=1S/C15H20N4OS/c1-11-5-4-7-16-14(11)18-15(20)17-9-13(19(2)3)12-6-8-21-10-12/h4-8,10,13H,9H2,1-3H3,(H2,16,17,18,20)/t13-/m0/s1. The lowest BCUT2D eigenvalue weighted by atomic mass is 10.1. The van der Waals surface area contributed by atoms with Gasteiger partial charge in [-0.3, -0.25) is 5.32 Å². The molecule has 2 aromatic rings. The lowest BCUT2D eigenvalue weighted by Crippen LogP contribution is -2.37. The minimum absolute atomic E-state index is 0.159. The summed E-state index contributed by atoms with van der Waals surface area (Å²) in [5.41, 5.74) is 2.15. The van der Waals surface area contributed by atoms with E-state index in [1.165, 1.54) is 5.56 Å². The molecular weight excluding hydrogens is 284 g/mol. The van der Waals surface area contributed by atoms with E-state index < -0.39 is 0 Å². The zero-order valence-corrected chi connectivity index (χ0v) is 13.3. The molecule has 2 amide bonds. The first-order chi connectivity index (χ1) is 10.1. The predicted octanol–water partition coefficient (Wildman–Crippen LogP) is 2.88. The van der Waals surface area contributed by atoms with Gasteiger partial charge in [0.05, 0.1) is 6.04 Å². The fraction of sp³-hybridized carbons (Fsp3) is 0.333. The second-order valence-electron chi connectivity index (χ2n) is 5.04. The molecule has 2 aromatic heterocycles. The number of aromatic nitrogens is 1. The fourth-order valence-electron chi connectivity index (χ4n) is 2.02. The van der Waals surface area contributed by atoms with Gasteiger partial charge in [-0.25, -0.2) is 9.78 Å². The monoisotopic (exact) mass is 304 g/mol. The van der Waals surface area contributed by atoms with E-state index in [0.29, 0.717) is 12.4 Å². The number of carbonyl (C=O) groups is 1. The van der Waals surface area contributed by atoms with E-state index in [4.69, 9.17) is 0 Å². The Morgan fingerprint density at radius 1 is 1.43 bits per heavy atom. The molecule has 0 saturated heterocycles. The highest BCUT2D eigenvalue weighted by Crippen LogP contribution is 2.20. The molecule has 6 heteroatoms. The summed E-state index contributed by atoms with van der Waals surface area (Å²) in [5, 5.41) is 9.82. The lowest BCUT2D eigenvalue weighted by Gasteiger charge is -2.24. The number of hydrogen-bond donors (Lipinski definition) is 2. The molecular formula is C15H20N4OS. The van der Waals surface area contributed by atoms with Gasteiger partial charge in [-0.15, -0.1) is 0 Å². The van der Waals surface area contributed by atoms with Crippen LogP contribution in [-0.4, -0.2) is 36.6 Å². The van der Waals surface area contributed by atoms with Crippen molar-refractivity contribution in [1.82, 2.24) is 15.2 Å². The third kappa shape index (κ3) is 4.27. The first-order valence-electron chi connectivity index (χ1n) is 6.73. The van der Waals surface area contributed by atoms with Gasteiger partial charge >= 0.3 is 6.03 Å². The molecule has 0 unspecified atom stereocenters. The van der Waals surface area contributed by atoms with E-state index in [1.807, 2.05) is 38.5 Å². The van der Waals surface area contributed by atoms with Crippen LogP contribution in [0.1, 0.15) is 17.2 Å². The Hall–Kier alpha value is -1.92. The third-order valence-corrected chi connectivity index (χ3v) is 3.95. The summed E-state index contributed by atoms with van der Waals surface area (Å²) in [5.74, 6) is 0.590. The molecule has 0 spiro atoms. The molecule has 21 heavy (non-hydrogen) atoms. The largest absolute Gasteiger partial charge is 0.336 e. The number of rotatable bonds is 5. The van der Waals surface area contributed by atoms with Crippen molar-refractivity contribution in [1.29, 1.82) is 0 Å². The van der Waals surface area contributed by atoms with Gasteiger partial charge in [0.1, 0.15) is 5.82 Å². The highest BCUT2D eigenvalue weighted by atomic mass is 32.1. The van der Waals surface area contributed by atoms with Crippen molar-refractivity contribution in [2.45, 2.75) is 13.0 Å². The normalized spacial score (nSPS) is 12.2. The number of likely N-dealkylation sites (N-methyl/N-ethyl adjacent to an activating group) is 1. The summed E-state index contributed by atoms with van der Waals surface area (Å²) < 4.78 is 0. The van der Waals surface area contributed by atoms with Crippen LogP contribution < -0.4 is 10.6 Å². The molecule has 0 radical (unpaired) electrons. The average molecular weight is 304 g/mol. The Balaban J connectivity index is 1.92. The molecule has 5 nitrogen and oxygen atoms in total. The summed E-state index contributed by atoms with van der Waals surface area (Å²) in [7, 11) is 4.01. The number of urea groups is 1. The van der Waals surface area contributed by atoms with Gasteiger partial charge in [0.2, 0.25) is 0 Å². The zero-order chi connectivity index (χ0) is 15.2. The number of pyridine rings is 1. The molecule has 2 rings (SSSR count). The maximum Gasteiger partial charge on any atom is 0.320 e. The van der Waals surface area contributed by atoms with Gasteiger partial charge < -0.3 is 10.2 Å². The summed E-state index contributed by atoms with van der Waals surface area (Å²) in [4.78, 5) is 18.2. The van der Waals surface area contributed by atoms with Crippen LogP contribution >= 0.6 is 11.3 Å². The van der Waals surface area contributed by atoms with E-state index in [0.717, 1.165) is 5.56 Å². The lowest BCUT2D eigenvalue weighted by molar-refractivity contribution is 0.243. The fourth-order valence-corrected chi connectivity index (χ4v) is 2.73. The van der Waals surface area contributed by atoms with Gasteiger partial charge in [0, 0.05) is 12.7 Å². The van der Waals surface area contributed by atoms with Gasteiger partial charge in [-0.05, 0) is 55.0 Å². The van der Waals surface area contributed by atoms with E-state index in [1.54, 1.807) is 17.5 Å². The van der Waals surface area contributed by atoms with E-state index in [2.05, 4.69) is 32.0 Å². The molecule has 0 aliphatic heterocycles. The second kappa shape index (κ2) is 7.19. The molecule has 0 bridgehead atoms. The average Bonchev–Trinajstić information content (AvgIpc) is 2.95. The Morgan fingerprint density at radius 2 is 2.24 bits per heavy atom. The Morgan fingerprint density at radius 3 is 2.86 bits per heavy atom. The van der Waals surface area contributed by atoms with Crippen molar-refractivity contribution in [3.63, 3.8) is 0 Å². The summed E-state index contributed by atoms with van der Waals surface area (Å²) >= 11 is 1.66. The topological polar surface area (TPSA) is 57.3 Å². The van der Waals surface area contributed by atoms with Crippen LogP contribution in [0.25, 0.3) is 0 Å². The highest BCUT2D eigenvalue weighted by Gasteiger charge is 2.15. The van der Waals surface area contributed by atoms with Crippen LogP contribution in [0, 0.1) is 6.92 Å². The third-order valence-electron chi connectivity index (χ3n) is 3.25. The Labute approximate surface area is 129 Å². The maximum atomic E-state index is 12.0. The van der Waals surface area contributed by atoms with Gasteiger partial charge in [0.25, 0.3) is 0 Å². The molecule has 0 aliphatic carbocycles. The smallest absolute Gasteiger partial charge is 0.320 e. The van der Waals surface area contributed by atoms with Crippen molar-refractivity contribution >= 4 is 23.2 Å². The summed E-state index contributed by atoms with van der Waals surface area (Å²) in [6.45, 7) is 2.46. The summed E-state index contributed by atoms with van der Waals surface area (Å²) in [6.07, 6.45) is 1.66. The Bertz CT molecular complexity index is 583. The predicted molar refractivity (Wildman–Crippen MR) is 86.7 cm³/mol. The SMILES string of the molecule is Cc1cccnc1NC(=O)NC[C@@H](c1ccsc1)N(C)C. The number of nitrogens with zero attached hydrogens (tertiary/aromatic N) is 2. The van der Waals surface area contributed by atoms with Crippen LogP contribution in [0.15, 0.2) is 35.2 Å². The molecule has 0 aromatic carbocycles. The van der Waals surface area contributed by atoms with Crippen LogP contribution in [-0.2, 0) is 0 Å². The van der Waals surface area contributed by atoms with Crippen molar-refractivity contribution < 1.29 is 4.79 Å². The quantitative estimate of drug-likeness (QED) is 0.893. The van der Waals surface area contributed by atoms with Crippen molar-refractivity contribution in [3.8, 4) is 0 Å². The van der Waals surface area contributed by atoms with Crippen LogP contribution in [0.3, 0.4) is 0 Å². The molecule has 0 fully saturated rings. The highest BCUT2D eigenvalue weighted by molar-refractivity contribution is 7.07. The molecule has 0 aliphatic rings.